The van der Waals surface area contributed by atoms with E-state index >= 15 is 0 Å². The van der Waals surface area contributed by atoms with Crippen LogP contribution in [0.25, 0.3) is 0 Å². The lowest BCUT2D eigenvalue weighted by Crippen LogP contribution is -2.37. The predicted octanol–water partition coefficient (Wildman–Crippen LogP) is 2.57. The van der Waals surface area contributed by atoms with E-state index in [1.54, 1.807) is 0 Å². The van der Waals surface area contributed by atoms with Crippen molar-refractivity contribution >= 4 is 0 Å². The van der Waals surface area contributed by atoms with Crippen molar-refractivity contribution in [3.05, 3.63) is 35.4 Å². The second-order valence-electron chi connectivity index (χ2n) is 5.40. The first-order chi connectivity index (χ1) is 8.15. The fourth-order valence-electron chi connectivity index (χ4n) is 2.35. The summed E-state index contributed by atoms with van der Waals surface area (Å²) >= 11 is 0. The molecule has 0 aromatic heterocycles. The van der Waals surface area contributed by atoms with Gasteiger partial charge in [-0.15, -0.1) is 0 Å². The van der Waals surface area contributed by atoms with Gasteiger partial charge in [0.15, 0.2) is 0 Å². The fraction of sp³-hybridized carbons (Fsp3) is 0.600. The molecule has 2 rings (SSSR count). The third kappa shape index (κ3) is 3.55. The zero-order chi connectivity index (χ0) is 12.3. The molecule has 1 aromatic carbocycles. The molecule has 1 aromatic rings. The van der Waals surface area contributed by atoms with Crippen LogP contribution < -0.4 is 5.32 Å². The van der Waals surface area contributed by atoms with E-state index in [0.717, 1.165) is 13.1 Å². The van der Waals surface area contributed by atoms with Crippen molar-refractivity contribution in [2.45, 2.75) is 45.8 Å². The van der Waals surface area contributed by atoms with Crippen LogP contribution in [0.2, 0.25) is 0 Å². The van der Waals surface area contributed by atoms with Gasteiger partial charge in [0.1, 0.15) is 0 Å². The minimum atomic E-state index is 0.626. The molecule has 2 atom stereocenters. The molecule has 94 valence electrons. The highest BCUT2D eigenvalue weighted by atomic mass is 15.2. The third-order valence-corrected chi connectivity index (χ3v) is 3.74. The molecule has 2 heteroatoms. The Morgan fingerprint density at radius 3 is 2.65 bits per heavy atom. The second-order valence-corrected chi connectivity index (χ2v) is 5.40. The van der Waals surface area contributed by atoms with Gasteiger partial charge in [-0.25, -0.2) is 0 Å². The summed E-state index contributed by atoms with van der Waals surface area (Å²) in [6.45, 7) is 10.1. The van der Waals surface area contributed by atoms with Crippen LogP contribution in [0, 0.1) is 6.92 Å². The van der Waals surface area contributed by atoms with Gasteiger partial charge >= 0.3 is 0 Å². The van der Waals surface area contributed by atoms with Crippen molar-refractivity contribution in [3.8, 4) is 0 Å². The number of nitrogens with one attached hydrogen (secondary N) is 1. The average Bonchev–Trinajstić information content (AvgIpc) is 2.47. The molecule has 2 unspecified atom stereocenters. The van der Waals surface area contributed by atoms with Gasteiger partial charge < -0.3 is 5.32 Å². The molecule has 1 aliphatic rings. The van der Waals surface area contributed by atoms with Gasteiger partial charge in [-0.3, -0.25) is 4.90 Å². The van der Waals surface area contributed by atoms with Crippen LogP contribution in [-0.2, 0) is 6.54 Å². The van der Waals surface area contributed by atoms with Crippen molar-refractivity contribution in [2.75, 3.05) is 13.1 Å². The Balaban J connectivity index is 1.99. The maximum Gasteiger partial charge on any atom is 0.0237 e. The van der Waals surface area contributed by atoms with Crippen molar-refractivity contribution in [1.82, 2.24) is 10.2 Å². The van der Waals surface area contributed by atoms with E-state index in [0.29, 0.717) is 12.1 Å². The normalized spacial score (nSPS) is 26.8. The van der Waals surface area contributed by atoms with Crippen LogP contribution in [0.4, 0.5) is 0 Å². The largest absolute Gasteiger partial charge is 0.313 e. The van der Waals surface area contributed by atoms with Gasteiger partial charge in [-0.05, 0) is 32.8 Å². The van der Waals surface area contributed by atoms with Crippen molar-refractivity contribution in [3.63, 3.8) is 0 Å². The van der Waals surface area contributed by atoms with E-state index in [4.69, 9.17) is 0 Å². The highest BCUT2D eigenvalue weighted by Crippen LogP contribution is 2.13. The number of rotatable bonds is 2. The minimum absolute atomic E-state index is 0.626. The number of aryl methyl sites for hydroxylation is 1. The molecule has 1 saturated heterocycles. The molecule has 0 spiro atoms. The molecule has 17 heavy (non-hydrogen) atoms. The van der Waals surface area contributed by atoms with E-state index < -0.39 is 0 Å². The molecule has 0 saturated carbocycles. The smallest absolute Gasteiger partial charge is 0.0237 e. The maximum atomic E-state index is 3.58. The van der Waals surface area contributed by atoms with Crippen LogP contribution in [-0.4, -0.2) is 30.1 Å². The Hall–Kier alpha value is -0.860. The van der Waals surface area contributed by atoms with Gasteiger partial charge in [0.2, 0.25) is 0 Å². The second kappa shape index (κ2) is 5.65. The van der Waals surface area contributed by atoms with Crippen LogP contribution in [0.5, 0.6) is 0 Å². The first-order valence-electron chi connectivity index (χ1n) is 6.68. The molecule has 1 N–H and O–H groups in total. The molecule has 0 aliphatic carbocycles. The lowest BCUT2D eigenvalue weighted by molar-refractivity contribution is 0.213. The van der Waals surface area contributed by atoms with Crippen LogP contribution in [0.15, 0.2) is 24.3 Å². The molecule has 0 radical (unpaired) electrons. The zero-order valence-electron chi connectivity index (χ0n) is 11.2. The summed E-state index contributed by atoms with van der Waals surface area (Å²) in [7, 11) is 0. The van der Waals surface area contributed by atoms with Gasteiger partial charge in [-0.1, -0.05) is 29.8 Å². The minimum Gasteiger partial charge on any atom is -0.313 e. The Kier molecular flexibility index (Phi) is 4.19. The number of hydrogen-bond acceptors (Lipinski definition) is 2. The quantitative estimate of drug-likeness (QED) is 0.843. The monoisotopic (exact) mass is 232 g/mol. The van der Waals surface area contributed by atoms with Gasteiger partial charge in [0.05, 0.1) is 0 Å². The van der Waals surface area contributed by atoms with Gasteiger partial charge in [-0.2, -0.15) is 0 Å². The molecule has 2 nitrogen and oxygen atoms in total. The summed E-state index contributed by atoms with van der Waals surface area (Å²) in [5, 5.41) is 3.58. The van der Waals surface area contributed by atoms with Crippen molar-refractivity contribution < 1.29 is 0 Å². The summed E-state index contributed by atoms with van der Waals surface area (Å²) in [6.07, 6.45) is 1.25. The average molecular weight is 232 g/mol. The van der Waals surface area contributed by atoms with E-state index in [-0.39, 0.29) is 0 Å². The van der Waals surface area contributed by atoms with E-state index in [2.05, 4.69) is 55.3 Å². The summed E-state index contributed by atoms with van der Waals surface area (Å²) < 4.78 is 0. The Labute approximate surface area is 105 Å². The molecule has 1 fully saturated rings. The first-order valence-corrected chi connectivity index (χ1v) is 6.68. The maximum absolute atomic E-state index is 3.58. The highest BCUT2D eigenvalue weighted by Gasteiger charge is 2.19. The van der Waals surface area contributed by atoms with Gasteiger partial charge in [0.25, 0.3) is 0 Å². The molecule has 1 aliphatic heterocycles. The topological polar surface area (TPSA) is 15.3 Å². The van der Waals surface area contributed by atoms with Gasteiger partial charge in [0, 0.05) is 31.7 Å². The highest BCUT2D eigenvalue weighted by molar-refractivity contribution is 5.21. The van der Waals surface area contributed by atoms with Crippen molar-refractivity contribution in [1.29, 1.82) is 0 Å². The molecule has 0 amide bonds. The van der Waals surface area contributed by atoms with E-state index in [9.17, 15) is 0 Å². The molecule has 1 heterocycles. The standard InChI is InChI=1S/C15H24N2/c1-12-4-6-15(7-5-12)11-17-9-8-13(2)16-10-14(17)3/h4-7,13-14,16H,8-11H2,1-3H3. The van der Waals surface area contributed by atoms with Crippen LogP contribution >= 0.6 is 0 Å². The summed E-state index contributed by atoms with van der Waals surface area (Å²) in [6, 6.07) is 10.2. The first kappa shape index (κ1) is 12.6. The Morgan fingerprint density at radius 1 is 1.24 bits per heavy atom. The Morgan fingerprint density at radius 2 is 1.94 bits per heavy atom. The zero-order valence-corrected chi connectivity index (χ0v) is 11.2. The van der Waals surface area contributed by atoms with E-state index in [1.807, 2.05) is 0 Å². The van der Waals surface area contributed by atoms with E-state index in [1.165, 1.54) is 24.1 Å². The Bertz CT molecular complexity index is 344. The summed E-state index contributed by atoms with van der Waals surface area (Å²) in [4.78, 5) is 2.58. The summed E-state index contributed by atoms with van der Waals surface area (Å²) in [5.74, 6) is 0. The third-order valence-electron chi connectivity index (χ3n) is 3.74. The number of benzene rings is 1. The fourth-order valence-corrected chi connectivity index (χ4v) is 2.35. The van der Waals surface area contributed by atoms with Crippen LogP contribution in [0.3, 0.4) is 0 Å². The molecular weight excluding hydrogens is 208 g/mol. The lowest BCUT2D eigenvalue weighted by atomic mass is 10.1. The predicted molar refractivity (Wildman–Crippen MR) is 73.1 cm³/mol. The summed E-state index contributed by atoms with van der Waals surface area (Å²) in [5.41, 5.74) is 2.77. The molecular formula is C15H24N2. The number of nitrogens with zero attached hydrogens (tertiary/aromatic N) is 1. The van der Waals surface area contributed by atoms with Crippen molar-refractivity contribution in [2.24, 2.45) is 0 Å². The lowest BCUT2D eigenvalue weighted by Gasteiger charge is -2.26. The SMILES string of the molecule is Cc1ccc(CN2CCC(C)NCC2C)cc1. The number of hydrogen-bond donors (Lipinski definition) is 1. The van der Waals surface area contributed by atoms with Crippen LogP contribution in [0.1, 0.15) is 31.4 Å². The molecule has 0 bridgehead atoms.